The standard InChI is InChI=1S/C15H12F3NO2/c16-15(17,18)12-5-6-19-7-10(12)14(20)11-8-21-13-4-2-1-3-9(11)13/h1-7,11,14,20H,8H2. The van der Waals surface area contributed by atoms with E-state index in [4.69, 9.17) is 4.74 Å². The zero-order valence-corrected chi connectivity index (χ0v) is 10.8. The highest BCUT2D eigenvalue weighted by Gasteiger charge is 2.39. The van der Waals surface area contributed by atoms with Gasteiger partial charge in [0.25, 0.3) is 0 Å². The Kier molecular flexibility index (Phi) is 3.33. The SMILES string of the molecule is OC(c1cnccc1C(F)(F)F)C1COc2ccccc21. The summed E-state index contributed by atoms with van der Waals surface area (Å²) >= 11 is 0. The molecule has 2 atom stereocenters. The molecule has 0 radical (unpaired) electrons. The minimum atomic E-state index is -4.53. The van der Waals surface area contributed by atoms with Crippen LogP contribution in [0.5, 0.6) is 5.75 Å². The summed E-state index contributed by atoms with van der Waals surface area (Å²) in [7, 11) is 0. The molecule has 2 heterocycles. The molecule has 2 aromatic rings. The number of hydrogen-bond donors (Lipinski definition) is 1. The molecule has 110 valence electrons. The monoisotopic (exact) mass is 295 g/mol. The molecule has 3 nitrogen and oxygen atoms in total. The third-order valence-electron chi connectivity index (χ3n) is 3.59. The van der Waals surface area contributed by atoms with Crippen LogP contribution in [0.4, 0.5) is 13.2 Å². The maximum atomic E-state index is 13.0. The topological polar surface area (TPSA) is 42.4 Å². The van der Waals surface area contributed by atoms with Crippen molar-refractivity contribution in [3.8, 4) is 5.75 Å². The first kappa shape index (κ1) is 13.9. The minimum Gasteiger partial charge on any atom is -0.493 e. The van der Waals surface area contributed by atoms with Gasteiger partial charge in [-0.1, -0.05) is 18.2 Å². The van der Waals surface area contributed by atoms with E-state index in [9.17, 15) is 18.3 Å². The van der Waals surface area contributed by atoms with Gasteiger partial charge in [-0.3, -0.25) is 4.98 Å². The van der Waals surface area contributed by atoms with E-state index in [2.05, 4.69) is 4.98 Å². The molecular formula is C15H12F3NO2. The minimum absolute atomic E-state index is 0.146. The quantitative estimate of drug-likeness (QED) is 0.924. The highest BCUT2D eigenvalue weighted by atomic mass is 19.4. The summed E-state index contributed by atoms with van der Waals surface area (Å²) in [4.78, 5) is 3.71. The van der Waals surface area contributed by atoms with Crippen molar-refractivity contribution in [3.63, 3.8) is 0 Å². The zero-order valence-electron chi connectivity index (χ0n) is 10.8. The average molecular weight is 295 g/mol. The largest absolute Gasteiger partial charge is 0.493 e. The normalized spacial score (nSPS) is 19.0. The lowest BCUT2D eigenvalue weighted by Crippen LogP contribution is -2.18. The van der Waals surface area contributed by atoms with Crippen molar-refractivity contribution in [3.05, 3.63) is 59.4 Å². The Morgan fingerprint density at radius 2 is 2.00 bits per heavy atom. The van der Waals surface area contributed by atoms with Crippen molar-refractivity contribution in [2.24, 2.45) is 0 Å². The molecule has 3 rings (SSSR count). The van der Waals surface area contributed by atoms with Gasteiger partial charge in [0.1, 0.15) is 5.75 Å². The van der Waals surface area contributed by atoms with E-state index in [1.807, 2.05) is 0 Å². The van der Waals surface area contributed by atoms with Crippen LogP contribution in [0.2, 0.25) is 0 Å². The maximum absolute atomic E-state index is 13.0. The summed E-state index contributed by atoms with van der Waals surface area (Å²) in [5, 5.41) is 10.4. The van der Waals surface area contributed by atoms with Crippen LogP contribution in [0.15, 0.2) is 42.7 Å². The number of nitrogens with zero attached hydrogens (tertiary/aromatic N) is 1. The highest BCUT2D eigenvalue weighted by molar-refractivity contribution is 5.42. The second-order valence-corrected chi connectivity index (χ2v) is 4.86. The first-order valence-electron chi connectivity index (χ1n) is 6.39. The van der Waals surface area contributed by atoms with E-state index in [1.165, 1.54) is 0 Å². The number of benzene rings is 1. The van der Waals surface area contributed by atoms with Gasteiger partial charge in [-0.05, 0) is 12.1 Å². The lowest BCUT2D eigenvalue weighted by molar-refractivity contribution is -0.139. The summed E-state index contributed by atoms with van der Waals surface area (Å²) in [6.45, 7) is 0.146. The van der Waals surface area contributed by atoms with Crippen LogP contribution in [0.1, 0.15) is 28.7 Å². The summed E-state index contributed by atoms with van der Waals surface area (Å²) in [6.07, 6.45) is -3.72. The first-order chi connectivity index (χ1) is 9.98. The molecule has 1 aromatic heterocycles. The molecule has 0 saturated heterocycles. The van der Waals surface area contributed by atoms with E-state index >= 15 is 0 Å². The number of alkyl halides is 3. The van der Waals surface area contributed by atoms with Crippen LogP contribution >= 0.6 is 0 Å². The Labute approximate surface area is 119 Å². The predicted octanol–water partition coefficient (Wildman–Crippen LogP) is 3.31. The van der Waals surface area contributed by atoms with Crippen molar-refractivity contribution in [1.82, 2.24) is 4.98 Å². The smallest absolute Gasteiger partial charge is 0.416 e. The zero-order chi connectivity index (χ0) is 15.0. The Balaban J connectivity index is 2.00. The van der Waals surface area contributed by atoms with E-state index in [0.717, 1.165) is 18.5 Å². The number of para-hydroxylation sites is 1. The third-order valence-corrected chi connectivity index (χ3v) is 3.59. The van der Waals surface area contributed by atoms with E-state index < -0.39 is 23.8 Å². The van der Waals surface area contributed by atoms with Crippen LogP contribution in [0.3, 0.4) is 0 Å². The molecule has 0 saturated carbocycles. The molecule has 1 aliphatic heterocycles. The van der Waals surface area contributed by atoms with Crippen molar-refractivity contribution in [2.75, 3.05) is 6.61 Å². The molecule has 0 aliphatic carbocycles. The fraction of sp³-hybridized carbons (Fsp3) is 0.267. The van der Waals surface area contributed by atoms with Crippen molar-refractivity contribution < 1.29 is 23.0 Å². The lowest BCUT2D eigenvalue weighted by Gasteiger charge is -2.21. The summed E-state index contributed by atoms with van der Waals surface area (Å²) in [5.74, 6) is 0.0606. The highest BCUT2D eigenvalue weighted by Crippen LogP contribution is 2.43. The third kappa shape index (κ3) is 2.47. The van der Waals surface area contributed by atoms with Crippen molar-refractivity contribution in [2.45, 2.75) is 18.2 Å². The fourth-order valence-electron chi connectivity index (χ4n) is 2.57. The summed E-state index contributed by atoms with van der Waals surface area (Å²) < 4.78 is 44.5. The average Bonchev–Trinajstić information content (AvgIpc) is 2.89. The van der Waals surface area contributed by atoms with Crippen LogP contribution in [0.25, 0.3) is 0 Å². The number of rotatable bonds is 2. The fourth-order valence-corrected chi connectivity index (χ4v) is 2.57. The molecule has 0 amide bonds. The number of halogens is 3. The molecule has 1 aliphatic rings. The second-order valence-electron chi connectivity index (χ2n) is 4.86. The van der Waals surface area contributed by atoms with Crippen LogP contribution in [-0.2, 0) is 6.18 Å². The maximum Gasteiger partial charge on any atom is 0.416 e. The van der Waals surface area contributed by atoms with Gasteiger partial charge < -0.3 is 9.84 Å². The van der Waals surface area contributed by atoms with Gasteiger partial charge in [0, 0.05) is 23.5 Å². The molecule has 1 N–H and O–H groups in total. The molecule has 0 spiro atoms. The number of pyridine rings is 1. The van der Waals surface area contributed by atoms with Gasteiger partial charge >= 0.3 is 6.18 Å². The Hall–Kier alpha value is -2.08. The molecule has 2 unspecified atom stereocenters. The van der Waals surface area contributed by atoms with Gasteiger partial charge in [-0.2, -0.15) is 13.2 Å². The number of aliphatic hydroxyl groups is 1. The van der Waals surface area contributed by atoms with Gasteiger partial charge in [-0.25, -0.2) is 0 Å². The number of hydrogen-bond acceptors (Lipinski definition) is 3. The van der Waals surface area contributed by atoms with Crippen LogP contribution in [0, 0.1) is 0 Å². The van der Waals surface area contributed by atoms with Crippen molar-refractivity contribution in [1.29, 1.82) is 0 Å². The van der Waals surface area contributed by atoms with E-state index in [0.29, 0.717) is 11.3 Å². The molecule has 0 fully saturated rings. The Morgan fingerprint density at radius 3 is 2.76 bits per heavy atom. The summed E-state index contributed by atoms with van der Waals surface area (Å²) in [5.41, 5.74) is -0.383. The lowest BCUT2D eigenvalue weighted by atomic mass is 9.89. The Bertz CT molecular complexity index is 657. The summed E-state index contributed by atoms with van der Waals surface area (Å²) in [6, 6.07) is 7.90. The molecule has 0 bridgehead atoms. The predicted molar refractivity (Wildman–Crippen MR) is 68.9 cm³/mol. The van der Waals surface area contributed by atoms with Crippen LogP contribution < -0.4 is 4.74 Å². The first-order valence-corrected chi connectivity index (χ1v) is 6.39. The Morgan fingerprint density at radius 1 is 1.24 bits per heavy atom. The second kappa shape index (κ2) is 5.04. The van der Waals surface area contributed by atoms with Gasteiger partial charge in [0.15, 0.2) is 0 Å². The molecule has 6 heteroatoms. The van der Waals surface area contributed by atoms with E-state index in [1.54, 1.807) is 24.3 Å². The molecule has 1 aromatic carbocycles. The van der Waals surface area contributed by atoms with Gasteiger partial charge in [-0.15, -0.1) is 0 Å². The number of ether oxygens (including phenoxy) is 1. The van der Waals surface area contributed by atoms with E-state index in [-0.39, 0.29) is 12.2 Å². The number of aromatic nitrogens is 1. The van der Waals surface area contributed by atoms with Crippen LogP contribution in [-0.4, -0.2) is 16.7 Å². The number of aliphatic hydroxyl groups excluding tert-OH is 1. The number of fused-ring (bicyclic) bond motifs is 1. The van der Waals surface area contributed by atoms with Gasteiger partial charge in [0.05, 0.1) is 24.2 Å². The molecule has 21 heavy (non-hydrogen) atoms. The molecular weight excluding hydrogens is 283 g/mol. The van der Waals surface area contributed by atoms with Gasteiger partial charge in [0.2, 0.25) is 0 Å². The van der Waals surface area contributed by atoms with Crippen molar-refractivity contribution >= 4 is 0 Å².